The van der Waals surface area contributed by atoms with E-state index in [0.29, 0.717) is 5.13 Å². The van der Waals surface area contributed by atoms with Crippen LogP contribution < -0.4 is 10.1 Å². The number of hydrogen-bond donors (Lipinski definition) is 1. The van der Waals surface area contributed by atoms with Crippen LogP contribution in [0.1, 0.15) is 10.4 Å². The Hall–Kier alpha value is -2.73. The number of anilines is 1. The number of aryl methyl sites for hydroxylation is 2. The summed E-state index contributed by atoms with van der Waals surface area (Å²) in [6.45, 7) is -0.262. The molecule has 2 aromatic carbocycles. The van der Waals surface area contributed by atoms with Gasteiger partial charge in [0.25, 0.3) is 5.91 Å². The smallest absolute Gasteiger partial charge is 0.264 e. The summed E-state index contributed by atoms with van der Waals surface area (Å²) in [6, 6.07) is 14.2. The van der Waals surface area contributed by atoms with Crippen LogP contribution in [-0.4, -0.2) is 17.5 Å². The number of amides is 1. The van der Waals surface area contributed by atoms with Crippen molar-refractivity contribution in [2.24, 2.45) is 0 Å². The molecule has 3 aromatic rings. The van der Waals surface area contributed by atoms with Crippen LogP contribution in [0.2, 0.25) is 0 Å². The SMILES string of the molecule is O=C(COc1ccccc1F)Nc1nc2c(s1)CCc1ccccc1-2. The first kappa shape index (κ1) is 15.8. The van der Waals surface area contributed by atoms with E-state index >= 15 is 0 Å². The number of carbonyl (C=O) groups is 1. The summed E-state index contributed by atoms with van der Waals surface area (Å²) in [7, 11) is 0. The third kappa shape index (κ3) is 3.25. The van der Waals surface area contributed by atoms with Gasteiger partial charge in [0.05, 0.1) is 5.69 Å². The van der Waals surface area contributed by atoms with Gasteiger partial charge in [-0.1, -0.05) is 36.4 Å². The third-order valence-electron chi connectivity index (χ3n) is 4.03. The van der Waals surface area contributed by atoms with E-state index in [1.165, 1.54) is 33.9 Å². The fourth-order valence-corrected chi connectivity index (χ4v) is 3.85. The number of ether oxygens (including phenoxy) is 1. The first-order valence-corrected chi connectivity index (χ1v) is 8.77. The zero-order chi connectivity index (χ0) is 17.2. The molecule has 0 radical (unpaired) electrons. The van der Waals surface area contributed by atoms with Crippen LogP contribution in [0.3, 0.4) is 0 Å². The number of benzene rings is 2. The fourth-order valence-electron chi connectivity index (χ4n) is 2.86. The second kappa shape index (κ2) is 6.64. The van der Waals surface area contributed by atoms with Gasteiger partial charge >= 0.3 is 0 Å². The highest BCUT2D eigenvalue weighted by Crippen LogP contribution is 2.37. The van der Waals surface area contributed by atoms with Crippen LogP contribution in [0.15, 0.2) is 48.5 Å². The van der Waals surface area contributed by atoms with Crippen LogP contribution in [0, 0.1) is 5.82 Å². The number of para-hydroxylation sites is 1. The van der Waals surface area contributed by atoms with Crippen molar-refractivity contribution in [1.29, 1.82) is 0 Å². The average molecular weight is 354 g/mol. The minimum Gasteiger partial charge on any atom is -0.481 e. The van der Waals surface area contributed by atoms with E-state index in [2.05, 4.69) is 22.4 Å². The minimum absolute atomic E-state index is 0.0602. The molecule has 4 rings (SSSR count). The van der Waals surface area contributed by atoms with Gasteiger partial charge in [0.1, 0.15) is 0 Å². The molecular formula is C19H15FN2O2S. The van der Waals surface area contributed by atoms with Gasteiger partial charge in [-0.3, -0.25) is 10.1 Å². The van der Waals surface area contributed by atoms with Crippen molar-refractivity contribution in [1.82, 2.24) is 4.98 Å². The number of nitrogens with zero attached hydrogens (tertiary/aromatic N) is 1. The van der Waals surface area contributed by atoms with Gasteiger partial charge in [0.2, 0.25) is 0 Å². The van der Waals surface area contributed by atoms with E-state index in [1.807, 2.05) is 12.1 Å². The van der Waals surface area contributed by atoms with Crippen molar-refractivity contribution in [3.8, 4) is 17.0 Å². The maximum absolute atomic E-state index is 13.5. The van der Waals surface area contributed by atoms with E-state index in [0.717, 1.165) is 24.1 Å². The zero-order valence-corrected chi connectivity index (χ0v) is 14.1. The van der Waals surface area contributed by atoms with Crippen molar-refractivity contribution in [3.63, 3.8) is 0 Å². The first-order valence-electron chi connectivity index (χ1n) is 7.96. The van der Waals surface area contributed by atoms with Crippen molar-refractivity contribution in [2.75, 3.05) is 11.9 Å². The quantitative estimate of drug-likeness (QED) is 0.768. The van der Waals surface area contributed by atoms with Crippen molar-refractivity contribution < 1.29 is 13.9 Å². The summed E-state index contributed by atoms with van der Waals surface area (Å²) < 4.78 is 18.7. The molecule has 1 aliphatic rings. The Balaban J connectivity index is 1.45. The van der Waals surface area contributed by atoms with Crippen LogP contribution in [0.5, 0.6) is 5.75 Å². The van der Waals surface area contributed by atoms with Gasteiger partial charge in [-0.25, -0.2) is 9.37 Å². The molecule has 0 bridgehead atoms. The Labute approximate surface area is 148 Å². The number of aromatic nitrogens is 1. The lowest BCUT2D eigenvalue weighted by Gasteiger charge is -2.13. The third-order valence-corrected chi connectivity index (χ3v) is 5.06. The van der Waals surface area contributed by atoms with E-state index in [1.54, 1.807) is 12.1 Å². The van der Waals surface area contributed by atoms with Crippen LogP contribution >= 0.6 is 11.3 Å². The second-order valence-corrected chi connectivity index (χ2v) is 6.80. The Morgan fingerprint density at radius 2 is 1.96 bits per heavy atom. The van der Waals surface area contributed by atoms with Gasteiger partial charge in [-0.2, -0.15) is 0 Å². The molecule has 0 saturated heterocycles. The monoisotopic (exact) mass is 354 g/mol. The minimum atomic E-state index is -0.489. The largest absolute Gasteiger partial charge is 0.481 e. The number of fused-ring (bicyclic) bond motifs is 3. The number of hydrogen-bond acceptors (Lipinski definition) is 4. The Bertz CT molecular complexity index is 939. The number of carbonyl (C=O) groups excluding carboxylic acids is 1. The lowest BCUT2D eigenvalue weighted by Crippen LogP contribution is -2.20. The highest BCUT2D eigenvalue weighted by molar-refractivity contribution is 7.16. The van der Waals surface area contributed by atoms with E-state index in [4.69, 9.17) is 4.74 Å². The summed E-state index contributed by atoms with van der Waals surface area (Å²) in [5.74, 6) is -0.788. The molecule has 1 aliphatic carbocycles. The molecule has 25 heavy (non-hydrogen) atoms. The fraction of sp³-hybridized carbons (Fsp3) is 0.158. The highest BCUT2D eigenvalue weighted by Gasteiger charge is 2.21. The number of halogens is 1. The normalized spacial score (nSPS) is 12.2. The van der Waals surface area contributed by atoms with E-state index in [9.17, 15) is 9.18 Å². The van der Waals surface area contributed by atoms with Gasteiger partial charge in [0.15, 0.2) is 23.3 Å². The van der Waals surface area contributed by atoms with Gasteiger partial charge in [-0.05, 0) is 30.5 Å². The van der Waals surface area contributed by atoms with Crippen molar-refractivity contribution in [2.45, 2.75) is 12.8 Å². The maximum atomic E-state index is 13.5. The Morgan fingerprint density at radius 3 is 2.84 bits per heavy atom. The van der Waals surface area contributed by atoms with Crippen LogP contribution in [-0.2, 0) is 17.6 Å². The molecule has 0 aliphatic heterocycles. The Kier molecular flexibility index (Phi) is 4.19. The molecule has 6 heteroatoms. The molecule has 1 heterocycles. The van der Waals surface area contributed by atoms with Crippen molar-refractivity contribution >= 4 is 22.4 Å². The highest BCUT2D eigenvalue weighted by atomic mass is 32.1. The summed E-state index contributed by atoms with van der Waals surface area (Å²) in [4.78, 5) is 17.8. The van der Waals surface area contributed by atoms with Gasteiger partial charge < -0.3 is 4.74 Å². The molecule has 1 aromatic heterocycles. The topological polar surface area (TPSA) is 51.2 Å². The van der Waals surface area contributed by atoms with Gasteiger partial charge in [0, 0.05) is 10.4 Å². The predicted molar refractivity (Wildman–Crippen MR) is 95.5 cm³/mol. The molecule has 0 saturated carbocycles. The Morgan fingerprint density at radius 1 is 1.16 bits per heavy atom. The molecule has 4 nitrogen and oxygen atoms in total. The van der Waals surface area contributed by atoms with Crippen LogP contribution in [0.4, 0.5) is 9.52 Å². The molecule has 0 atom stereocenters. The first-order chi connectivity index (χ1) is 12.2. The van der Waals surface area contributed by atoms with E-state index < -0.39 is 5.82 Å². The summed E-state index contributed by atoms with van der Waals surface area (Å²) in [5, 5.41) is 3.29. The summed E-state index contributed by atoms with van der Waals surface area (Å²) >= 11 is 1.48. The molecule has 1 amide bonds. The molecular weight excluding hydrogens is 339 g/mol. The number of nitrogens with one attached hydrogen (secondary N) is 1. The van der Waals surface area contributed by atoms with Crippen molar-refractivity contribution in [3.05, 3.63) is 64.8 Å². The average Bonchev–Trinajstić information content (AvgIpc) is 3.04. The maximum Gasteiger partial charge on any atom is 0.264 e. The number of rotatable bonds is 4. The summed E-state index contributed by atoms with van der Waals surface area (Å²) in [5.41, 5.74) is 3.35. The molecule has 0 spiro atoms. The number of thiazole rings is 1. The molecule has 0 fully saturated rings. The summed E-state index contributed by atoms with van der Waals surface area (Å²) in [6.07, 6.45) is 1.90. The predicted octanol–water partition coefficient (Wildman–Crippen LogP) is 4.07. The standard InChI is InChI=1S/C19H15FN2O2S/c20-14-7-3-4-8-15(14)24-11-17(23)21-19-22-18-13-6-2-1-5-12(13)9-10-16(18)25-19/h1-8H,9-11H2,(H,21,22,23). The second-order valence-electron chi connectivity index (χ2n) is 5.72. The molecule has 1 N–H and O–H groups in total. The lowest BCUT2D eigenvalue weighted by atomic mass is 9.94. The zero-order valence-electron chi connectivity index (χ0n) is 13.3. The molecule has 0 unspecified atom stereocenters. The molecule has 126 valence electrons. The van der Waals surface area contributed by atoms with Gasteiger partial charge in [-0.15, -0.1) is 11.3 Å². The van der Waals surface area contributed by atoms with Crippen LogP contribution in [0.25, 0.3) is 11.3 Å². The lowest BCUT2D eigenvalue weighted by molar-refractivity contribution is -0.118. The van der Waals surface area contributed by atoms with E-state index in [-0.39, 0.29) is 18.3 Å².